The summed E-state index contributed by atoms with van der Waals surface area (Å²) in [7, 11) is 2.45. The first kappa shape index (κ1) is 26.5. The Balaban J connectivity index is 1.43. The molecule has 1 aromatic rings. The molecule has 38 heavy (non-hydrogen) atoms. The monoisotopic (exact) mass is 539 g/mol. The van der Waals surface area contributed by atoms with E-state index in [0.29, 0.717) is 12.8 Å². The highest BCUT2D eigenvalue weighted by atomic mass is 16.8. The van der Waals surface area contributed by atoms with Gasteiger partial charge in [0.2, 0.25) is 18.0 Å². The van der Waals surface area contributed by atoms with E-state index in [1.165, 1.54) is 20.3 Å². The molecule has 1 amide bonds. The number of methoxy groups -OCH3 is 2. The molecule has 1 aliphatic carbocycles. The molecule has 4 N–H and O–H groups in total. The zero-order chi connectivity index (χ0) is 27.2. The van der Waals surface area contributed by atoms with E-state index < -0.39 is 78.1 Å². The lowest BCUT2D eigenvalue weighted by Crippen LogP contribution is -2.53. The smallest absolute Gasteiger partial charge is 0.373 e. The summed E-state index contributed by atoms with van der Waals surface area (Å²) in [6.45, 7) is 0. The van der Waals surface area contributed by atoms with E-state index in [0.717, 1.165) is 29.7 Å². The average Bonchev–Trinajstić information content (AvgIpc) is 3.58. The van der Waals surface area contributed by atoms with Gasteiger partial charge in [0.1, 0.15) is 24.4 Å². The predicted octanol–water partition coefficient (Wildman–Crippen LogP) is -1.85. The summed E-state index contributed by atoms with van der Waals surface area (Å²) in [5.41, 5.74) is 4.18. The molecule has 4 aliphatic rings. The highest BCUT2D eigenvalue weighted by Crippen LogP contribution is 2.46. The van der Waals surface area contributed by atoms with Crippen molar-refractivity contribution in [1.29, 1.82) is 0 Å². The van der Waals surface area contributed by atoms with Crippen LogP contribution in [0.5, 0.6) is 0 Å². The number of ether oxygens (including phenoxy) is 7. The van der Waals surface area contributed by atoms with Gasteiger partial charge in [-0.05, 0) is 18.9 Å². The molecule has 0 radical (unpaired) electrons. The van der Waals surface area contributed by atoms with Crippen LogP contribution >= 0.6 is 0 Å². The van der Waals surface area contributed by atoms with Gasteiger partial charge >= 0.3 is 11.7 Å². The van der Waals surface area contributed by atoms with Gasteiger partial charge in [-0.15, -0.1) is 0 Å². The number of primary amides is 1. The first-order chi connectivity index (χ1) is 18.2. The standard InChI is InChI=1S/C23H29N3O12/c1-32-15-13(28)19(26-8-5-12(27)25-22(26)31)35-16(15)17(18(24)29)36-21-14-10(9-11(34-21)20(30)33-2)37-23(38-14)6-3-4-7-23/h5,8-10,13-17,19,21,28H,3-4,6-7H2,1-2H3,(H2,24,29)(H,25,27,31)/t10-,13+,14-,15-,16-,17+,19+,21+/m0/s1. The number of hydrogen-bond acceptors (Lipinski definition) is 12. The number of aromatic amines is 1. The Hall–Kier alpha value is -3.08. The second-order valence-electron chi connectivity index (χ2n) is 9.45. The van der Waals surface area contributed by atoms with E-state index in [-0.39, 0.29) is 5.76 Å². The molecule has 5 rings (SSSR count). The van der Waals surface area contributed by atoms with Crippen LogP contribution in [0, 0.1) is 0 Å². The number of fused-ring (bicyclic) bond motifs is 1. The van der Waals surface area contributed by atoms with E-state index in [2.05, 4.69) is 4.98 Å². The van der Waals surface area contributed by atoms with Crippen molar-refractivity contribution in [1.82, 2.24) is 9.55 Å². The minimum Gasteiger partial charge on any atom is -0.463 e. The molecule has 15 heteroatoms. The van der Waals surface area contributed by atoms with Crippen LogP contribution in [0.1, 0.15) is 31.9 Å². The summed E-state index contributed by atoms with van der Waals surface area (Å²) >= 11 is 0. The van der Waals surface area contributed by atoms with Crippen LogP contribution in [0.15, 0.2) is 33.7 Å². The molecule has 3 aliphatic heterocycles. The lowest BCUT2D eigenvalue weighted by atomic mass is 10.0. The highest BCUT2D eigenvalue weighted by Gasteiger charge is 2.57. The Kier molecular flexibility index (Phi) is 7.15. The summed E-state index contributed by atoms with van der Waals surface area (Å²) < 4.78 is 41.0. The van der Waals surface area contributed by atoms with Crippen LogP contribution in [0.25, 0.3) is 0 Å². The van der Waals surface area contributed by atoms with Gasteiger partial charge in [0.05, 0.1) is 7.11 Å². The third kappa shape index (κ3) is 4.65. The SMILES string of the molecule is COC(=O)C1=C[C@@H]2OC3(CCCC3)O[C@@H]2[C@@H](O[C@@H](C(N)=O)[C@H]2O[C@@H](n3ccc(=O)[nH]c3=O)[C@H](O)[C@@H]2OC)O1. The fourth-order valence-corrected chi connectivity index (χ4v) is 5.35. The zero-order valence-corrected chi connectivity index (χ0v) is 20.6. The summed E-state index contributed by atoms with van der Waals surface area (Å²) in [5.74, 6) is -2.86. The largest absolute Gasteiger partial charge is 0.463 e. The third-order valence-corrected chi connectivity index (χ3v) is 7.11. The minimum atomic E-state index is -1.59. The summed E-state index contributed by atoms with van der Waals surface area (Å²) in [6, 6.07) is 1.07. The summed E-state index contributed by atoms with van der Waals surface area (Å²) in [4.78, 5) is 50.8. The molecule has 1 spiro atoms. The van der Waals surface area contributed by atoms with Crippen LogP contribution in [0.2, 0.25) is 0 Å². The molecule has 0 aromatic carbocycles. The fourth-order valence-electron chi connectivity index (χ4n) is 5.35. The molecule has 208 valence electrons. The van der Waals surface area contributed by atoms with Gasteiger partial charge in [0.25, 0.3) is 5.56 Å². The molecule has 2 saturated heterocycles. The number of carbonyl (C=O) groups excluding carboxylic acids is 2. The summed E-state index contributed by atoms with van der Waals surface area (Å²) in [5, 5.41) is 10.9. The van der Waals surface area contributed by atoms with Crippen LogP contribution in [-0.4, -0.2) is 89.5 Å². The molecule has 0 bridgehead atoms. The minimum absolute atomic E-state index is 0.200. The molecule has 15 nitrogen and oxygen atoms in total. The number of H-pyrrole nitrogens is 1. The number of nitrogens with zero attached hydrogens (tertiary/aromatic N) is 1. The van der Waals surface area contributed by atoms with Crippen molar-refractivity contribution in [3.8, 4) is 0 Å². The van der Waals surface area contributed by atoms with Crippen molar-refractivity contribution in [3.63, 3.8) is 0 Å². The number of aromatic nitrogens is 2. The Morgan fingerprint density at radius 1 is 1.24 bits per heavy atom. The topological polar surface area (TPSA) is 200 Å². The van der Waals surface area contributed by atoms with Crippen LogP contribution in [-0.2, 0) is 42.7 Å². The maximum atomic E-state index is 12.6. The third-order valence-electron chi connectivity index (χ3n) is 7.11. The number of nitrogens with two attached hydrogens (primary N) is 1. The maximum Gasteiger partial charge on any atom is 0.373 e. The summed E-state index contributed by atoms with van der Waals surface area (Å²) in [6.07, 6.45) is -4.27. The maximum absolute atomic E-state index is 12.6. The van der Waals surface area contributed by atoms with Gasteiger partial charge in [-0.1, -0.05) is 0 Å². The molecule has 8 atom stereocenters. The Labute approximate surface area is 215 Å². The van der Waals surface area contributed by atoms with E-state index in [4.69, 9.17) is 38.9 Å². The van der Waals surface area contributed by atoms with E-state index in [9.17, 15) is 24.3 Å². The Bertz CT molecular complexity index is 1220. The molecule has 3 fully saturated rings. The number of carbonyl (C=O) groups is 2. The molecular formula is C23H29N3O12. The quantitative estimate of drug-likeness (QED) is 0.327. The fraction of sp³-hybridized carbons (Fsp3) is 0.652. The van der Waals surface area contributed by atoms with Crippen molar-refractivity contribution in [2.45, 2.75) is 80.6 Å². The van der Waals surface area contributed by atoms with Gasteiger partial charge in [-0.25, -0.2) is 9.59 Å². The molecule has 4 heterocycles. The van der Waals surface area contributed by atoms with E-state index in [1.807, 2.05) is 0 Å². The van der Waals surface area contributed by atoms with Gasteiger partial charge in [-0.2, -0.15) is 0 Å². The average molecular weight is 539 g/mol. The van der Waals surface area contributed by atoms with Crippen molar-refractivity contribution in [2.24, 2.45) is 5.73 Å². The normalized spacial score (nSPS) is 34.4. The zero-order valence-electron chi connectivity index (χ0n) is 20.6. The Morgan fingerprint density at radius 3 is 2.61 bits per heavy atom. The second kappa shape index (κ2) is 10.2. The van der Waals surface area contributed by atoms with Crippen molar-refractivity contribution >= 4 is 11.9 Å². The van der Waals surface area contributed by atoms with E-state index in [1.54, 1.807) is 0 Å². The van der Waals surface area contributed by atoms with E-state index >= 15 is 0 Å². The van der Waals surface area contributed by atoms with Gasteiger partial charge in [0.15, 0.2) is 24.2 Å². The molecule has 0 unspecified atom stereocenters. The van der Waals surface area contributed by atoms with Crippen LogP contribution in [0.4, 0.5) is 0 Å². The van der Waals surface area contributed by atoms with Crippen molar-refractivity contribution in [2.75, 3.05) is 14.2 Å². The van der Waals surface area contributed by atoms with Crippen LogP contribution in [0.3, 0.4) is 0 Å². The number of nitrogens with one attached hydrogen (secondary N) is 1. The number of rotatable bonds is 7. The molecule has 1 saturated carbocycles. The Morgan fingerprint density at radius 2 is 1.97 bits per heavy atom. The predicted molar refractivity (Wildman–Crippen MR) is 122 cm³/mol. The van der Waals surface area contributed by atoms with Gasteiger partial charge < -0.3 is 44.0 Å². The van der Waals surface area contributed by atoms with Gasteiger partial charge in [0, 0.05) is 32.2 Å². The van der Waals surface area contributed by atoms with Crippen molar-refractivity contribution < 1.29 is 47.9 Å². The first-order valence-corrected chi connectivity index (χ1v) is 12.1. The molecular weight excluding hydrogens is 510 g/mol. The number of aliphatic hydroxyl groups is 1. The number of hydrogen-bond donors (Lipinski definition) is 3. The number of esters is 1. The van der Waals surface area contributed by atoms with Crippen LogP contribution < -0.4 is 17.0 Å². The lowest BCUT2D eigenvalue weighted by Gasteiger charge is -2.34. The molecule has 1 aromatic heterocycles. The van der Waals surface area contributed by atoms with Crippen molar-refractivity contribution in [3.05, 3.63) is 44.9 Å². The van der Waals surface area contributed by atoms with Gasteiger partial charge in [-0.3, -0.25) is 19.1 Å². The second-order valence-corrected chi connectivity index (χ2v) is 9.45. The number of aliphatic hydroxyl groups excluding tert-OH is 1. The first-order valence-electron chi connectivity index (χ1n) is 12.1. The lowest BCUT2D eigenvalue weighted by molar-refractivity contribution is -0.246. The highest BCUT2D eigenvalue weighted by molar-refractivity contribution is 5.86. The number of amides is 1.